The molecule has 2 aromatic rings. The first-order chi connectivity index (χ1) is 7.27. The van der Waals surface area contributed by atoms with Crippen molar-refractivity contribution >= 4 is 17.3 Å². The summed E-state index contributed by atoms with van der Waals surface area (Å²) < 4.78 is 0. The van der Waals surface area contributed by atoms with Crippen molar-refractivity contribution in [2.45, 2.75) is 0 Å². The summed E-state index contributed by atoms with van der Waals surface area (Å²) in [5.41, 5.74) is 7.29. The Morgan fingerprint density at radius 3 is 2.87 bits per heavy atom. The Kier molecular flexibility index (Phi) is 2.37. The van der Waals surface area contributed by atoms with Crippen LogP contribution in [-0.2, 0) is 0 Å². The first-order valence-electron chi connectivity index (χ1n) is 4.42. The minimum Gasteiger partial charge on any atom is -0.397 e. The Morgan fingerprint density at radius 2 is 2.20 bits per heavy atom. The van der Waals surface area contributed by atoms with E-state index in [0.29, 0.717) is 16.9 Å². The van der Waals surface area contributed by atoms with Crippen molar-refractivity contribution in [1.29, 1.82) is 0 Å². The summed E-state index contributed by atoms with van der Waals surface area (Å²) in [6.45, 7) is 0. The van der Waals surface area contributed by atoms with Gasteiger partial charge in [0, 0.05) is 6.20 Å². The number of nitrogens with one attached hydrogen (secondary N) is 2. The SMILES string of the molecule is Nc1ccccc1NC(=O)c1cn[nH]c1. The number of carbonyl (C=O) groups excluding carboxylic acids is 1. The number of H-pyrrole nitrogens is 1. The van der Waals surface area contributed by atoms with E-state index in [1.165, 1.54) is 12.4 Å². The van der Waals surface area contributed by atoms with Crippen molar-refractivity contribution < 1.29 is 4.79 Å². The highest BCUT2D eigenvalue weighted by Gasteiger charge is 2.07. The van der Waals surface area contributed by atoms with Crippen molar-refractivity contribution in [2.75, 3.05) is 11.1 Å². The number of aromatic amines is 1. The molecular formula is C10H10N4O. The third-order valence-corrected chi connectivity index (χ3v) is 1.97. The molecule has 0 aliphatic rings. The molecule has 2 rings (SSSR count). The van der Waals surface area contributed by atoms with E-state index in [2.05, 4.69) is 15.5 Å². The highest BCUT2D eigenvalue weighted by molar-refractivity contribution is 6.05. The number of carbonyl (C=O) groups is 1. The van der Waals surface area contributed by atoms with Gasteiger partial charge in [0.05, 0.1) is 23.1 Å². The summed E-state index contributed by atoms with van der Waals surface area (Å²) >= 11 is 0. The van der Waals surface area contributed by atoms with Crippen LogP contribution in [0.1, 0.15) is 10.4 Å². The van der Waals surface area contributed by atoms with Crippen LogP contribution in [0.25, 0.3) is 0 Å². The molecule has 1 heterocycles. The van der Waals surface area contributed by atoms with Gasteiger partial charge in [-0.3, -0.25) is 9.89 Å². The van der Waals surface area contributed by atoms with Crippen LogP contribution in [0.5, 0.6) is 0 Å². The van der Waals surface area contributed by atoms with Gasteiger partial charge in [0.25, 0.3) is 5.91 Å². The van der Waals surface area contributed by atoms with Crippen molar-refractivity contribution in [1.82, 2.24) is 10.2 Å². The molecule has 5 nitrogen and oxygen atoms in total. The van der Waals surface area contributed by atoms with Gasteiger partial charge < -0.3 is 11.1 Å². The molecule has 0 spiro atoms. The Morgan fingerprint density at radius 1 is 1.40 bits per heavy atom. The van der Waals surface area contributed by atoms with Gasteiger partial charge in [0.15, 0.2) is 0 Å². The van der Waals surface area contributed by atoms with Crippen LogP contribution in [0, 0.1) is 0 Å². The molecule has 15 heavy (non-hydrogen) atoms. The first-order valence-corrected chi connectivity index (χ1v) is 4.42. The van der Waals surface area contributed by atoms with Crippen molar-refractivity contribution in [3.63, 3.8) is 0 Å². The van der Waals surface area contributed by atoms with Gasteiger partial charge in [0.1, 0.15) is 0 Å². The van der Waals surface area contributed by atoms with Gasteiger partial charge in [-0.1, -0.05) is 12.1 Å². The normalized spacial score (nSPS) is 9.87. The Hall–Kier alpha value is -2.30. The quantitative estimate of drug-likeness (QED) is 0.640. The molecule has 0 saturated heterocycles. The Balaban J connectivity index is 2.17. The van der Waals surface area contributed by atoms with Gasteiger partial charge >= 0.3 is 0 Å². The number of nitrogens with two attached hydrogens (primary N) is 1. The van der Waals surface area contributed by atoms with Crippen LogP contribution in [0.4, 0.5) is 11.4 Å². The van der Waals surface area contributed by atoms with Crippen molar-refractivity contribution in [3.8, 4) is 0 Å². The van der Waals surface area contributed by atoms with E-state index in [1.807, 2.05) is 6.07 Å². The lowest BCUT2D eigenvalue weighted by Crippen LogP contribution is -2.12. The number of para-hydroxylation sites is 2. The van der Waals surface area contributed by atoms with Crippen LogP contribution in [-0.4, -0.2) is 16.1 Å². The minimum atomic E-state index is -0.235. The number of hydrogen-bond donors (Lipinski definition) is 3. The summed E-state index contributed by atoms with van der Waals surface area (Å²) in [6.07, 6.45) is 2.98. The second-order valence-corrected chi connectivity index (χ2v) is 3.03. The van der Waals surface area contributed by atoms with Crippen LogP contribution < -0.4 is 11.1 Å². The molecule has 0 aliphatic heterocycles. The standard InChI is InChI=1S/C10H10N4O/c11-8-3-1-2-4-9(8)14-10(15)7-5-12-13-6-7/h1-6H,11H2,(H,12,13)(H,14,15). The predicted molar refractivity (Wildman–Crippen MR) is 57.4 cm³/mol. The molecule has 1 aromatic heterocycles. The molecule has 0 unspecified atom stereocenters. The number of anilines is 2. The van der Waals surface area contributed by atoms with Gasteiger partial charge in [-0.25, -0.2) is 0 Å². The van der Waals surface area contributed by atoms with Gasteiger partial charge in [-0.05, 0) is 12.1 Å². The van der Waals surface area contributed by atoms with Crippen LogP contribution in [0.3, 0.4) is 0 Å². The van der Waals surface area contributed by atoms with Gasteiger partial charge in [-0.15, -0.1) is 0 Å². The van der Waals surface area contributed by atoms with Gasteiger partial charge in [-0.2, -0.15) is 5.10 Å². The number of nitrogen functional groups attached to an aromatic ring is 1. The Labute approximate surface area is 86.3 Å². The number of aromatic nitrogens is 2. The highest BCUT2D eigenvalue weighted by atomic mass is 16.1. The maximum absolute atomic E-state index is 11.6. The molecule has 0 fully saturated rings. The fourth-order valence-electron chi connectivity index (χ4n) is 1.18. The minimum absolute atomic E-state index is 0.235. The number of benzene rings is 1. The summed E-state index contributed by atoms with van der Waals surface area (Å²) in [7, 11) is 0. The third kappa shape index (κ3) is 1.96. The highest BCUT2D eigenvalue weighted by Crippen LogP contribution is 2.17. The molecule has 0 bridgehead atoms. The van der Waals surface area contributed by atoms with Crippen LogP contribution >= 0.6 is 0 Å². The Bertz CT molecular complexity index is 464. The summed E-state index contributed by atoms with van der Waals surface area (Å²) in [4.78, 5) is 11.6. The first kappa shape index (κ1) is 9.26. The zero-order valence-corrected chi connectivity index (χ0v) is 7.90. The maximum Gasteiger partial charge on any atom is 0.258 e. The summed E-state index contributed by atoms with van der Waals surface area (Å²) in [5.74, 6) is -0.235. The largest absolute Gasteiger partial charge is 0.397 e. The number of nitrogens with zero attached hydrogens (tertiary/aromatic N) is 1. The number of rotatable bonds is 2. The fourth-order valence-corrected chi connectivity index (χ4v) is 1.18. The topological polar surface area (TPSA) is 83.8 Å². The summed E-state index contributed by atoms with van der Waals surface area (Å²) in [5, 5.41) is 8.95. The molecule has 0 radical (unpaired) electrons. The molecule has 1 amide bonds. The molecule has 1 aromatic carbocycles. The summed E-state index contributed by atoms with van der Waals surface area (Å²) in [6, 6.07) is 7.09. The molecule has 0 aliphatic carbocycles. The van der Waals surface area contributed by atoms with E-state index >= 15 is 0 Å². The third-order valence-electron chi connectivity index (χ3n) is 1.97. The van der Waals surface area contributed by atoms with Crippen molar-refractivity contribution in [2.24, 2.45) is 0 Å². The molecule has 76 valence electrons. The predicted octanol–water partition coefficient (Wildman–Crippen LogP) is 1.24. The lowest BCUT2D eigenvalue weighted by atomic mass is 10.2. The van der Waals surface area contributed by atoms with E-state index in [1.54, 1.807) is 18.2 Å². The van der Waals surface area contributed by atoms with Gasteiger partial charge in [0.2, 0.25) is 0 Å². The van der Waals surface area contributed by atoms with E-state index < -0.39 is 0 Å². The smallest absolute Gasteiger partial charge is 0.258 e. The zero-order valence-electron chi connectivity index (χ0n) is 7.90. The zero-order chi connectivity index (χ0) is 10.7. The van der Waals surface area contributed by atoms with Crippen LogP contribution in [0.15, 0.2) is 36.7 Å². The molecule has 0 atom stereocenters. The molecular weight excluding hydrogens is 192 g/mol. The second-order valence-electron chi connectivity index (χ2n) is 3.03. The number of amides is 1. The van der Waals surface area contributed by atoms with E-state index in [-0.39, 0.29) is 5.91 Å². The van der Waals surface area contributed by atoms with E-state index in [4.69, 9.17) is 5.73 Å². The average molecular weight is 202 g/mol. The van der Waals surface area contributed by atoms with E-state index in [0.717, 1.165) is 0 Å². The van der Waals surface area contributed by atoms with E-state index in [9.17, 15) is 4.79 Å². The second kappa shape index (κ2) is 3.83. The average Bonchev–Trinajstić information content (AvgIpc) is 2.74. The monoisotopic (exact) mass is 202 g/mol. The lowest BCUT2D eigenvalue weighted by Gasteiger charge is -2.05. The number of hydrogen-bond acceptors (Lipinski definition) is 3. The van der Waals surface area contributed by atoms with Crippen LogP contribution in [0.2, 0.25) is 0 Å². The lowest BCUT2D eigenvalue weighted by molar-refractivity contribution is 0.102. The maximum atomic E-state index is 11.6. The molecule has 5 heteroatoms. The molecule has 0 saturated carbocycles. The molecule has 4 N–H and O–H groups in total. The van der Waals surface area contributed by atoms with Crippen molar-refractivity contribution in [3.05, 3.63) is 42.2 Å². The fraction of sp³-hybridized carbons (Fsp3) is 0.